The molecule has 8 heteroatoms. The number of imide groups is 1. The van der Waals surface area contributed by atoms with Crippen molar-refractivity contribution in [1.29, 1.82) is 0 Å². The van der Waals surface area contributed by atoms with Crippen LogP contribution in [0.3, 0.4) is 0 Å². The molecule has 1 fully saturated rings. The van der Waals surface area contributed by atoms with Gasteiger partial charge in [0.15, 0.2) is 0 Å². The number of fused-ring (bicyclic) bond motifs is 1. The lowest BCUT2D eigenvalue weighted by Gasteiger charge is -2.29. The van der Waals surface area contributed by atoms with Gasteiger partial charge in [-0.25, -0.2) is 4.39 Å². The van der Waals surface area contributed by atoms with Gasteiger partial charge in [0.05, 0.1) is 0 Å². The maximum Gasteiger partial charge on any atom is 0.255 e. The Morgan fingerprint density at radius 2 is 2.03 bits per heavy atom. The number of thioether (sulfide) groups is 1. The second-order valence-corrected chi connectivity index (χ2v) is 8.61. The molecule has 2 aliphatic heterocycles. The highest BCUT2D eigenvalue weighted by Gasteiger charge is 2.39. The Labute approximate surface area is 180 Å². The van der Waals surface area contributed by atoms with Crippen molar-refractivity contribution in [2.45, 2.75) is 41.4 Å². The summed E-state index contributed by atoms with van der Waals surface area (Å²) in [7, 11) is 0. The first kappa shape index (κ1) is 20.1. The topological polar surface area (TPSA) is 66.5 Å². The molecule has 150 valence electrons. The van der Waals surface area contributed by atoms with Crippen molar-refractivity contribution in [3.8, 4) is 0 Å². The van der Waals surface area contributed by atoms with Gasteiger partial charge in [-0.1, -0.05) is 34.1 Å². The van der Waals surface area contributed by atoms with Gasteiger partial charge in [0.1, 0.15) is 11.9 Å². The Kier molecular flexibility index (Phi) is 5.74. The zero-order valence-corrected chi connectivity index (χ0v) is 17.8. The minimum atomic E-state index is -0.639. The number of hydrogen-bond acceptors (Lipinski definition) is 4. The van der Waals surface area contributed by atoms with Gasteiger partial charge in [0, 0.05) is 34.5 Å². The van der Waals surface area contributed by atoms with E-state index in [1.807, 2.05) is 12.1 Å². The number of hydrogen-bond donors (Lipinski definition) is 1. The number of nitrogens with zero attached hydrogens (tertiary/aromatic N) is 1. The minimum absolute atomic E-state index is 0.204. The molecule has 1 saturated heterocycles. The lowest BCUT2D eigenvalue weighted by molar-refractivity contribution is -0.136. The lowest BCUT2D eigenvalue weighted by Crippen LogP contribution is -2.52. The number of amides is 3. The minimum Gasteiger partial charge on any atom is -0.322 e. The molecule has 4 rings (SSSR count). The first-order chi connectivity index (χ1) is 14.0. The second kappa shape index (κ2) is 8.28. The lowest BCUT2D eigenvalue weighted by atomic mass is 10.0. The maximum absolute atomic E-state index is 14.3. The van der Waals surface area contributed by atoms with Gasteiger partial charge < -0.3 is 4.90 Å². The Balaban J connectivity index is 1.53. The van der Waals surface area contributed by atoms with Crippen LogP contribution in [0.5, 0.6) is 0 Å². The van der Waals surface area contributed by atoms with Crippen LogP contribution in [0.2, 0.25) is 0 Å². The van der Waals surface area contributed by atoms with Crippen LogP contribution in [-0.2, 0) is 27.2 Å². The standard InChI is InChI=1S/C21H18BrFN2O3S/c22-9-12-4-5-13(16(23)8-12)11-29-18-3-1-2-14-15(18)10-25(21(14)28)17-6-7-19(26)24-20(17)27/h1-5,8,17H,6-7,9-11H2,(H,24,26,27). The highest BCUT2D eigenvalue weighted by Crippen LogP contribution is 2.36. The average molecular weight is 477 g/mol. The fraction of sp³-hybridized carbons (Fsp3) is 0.286. The predicted molar refractivity (Wildman–Crippen MR) is 111 cm³/mol. The molecule has 29 heavy (non-hydrogen) atoms. The number of nitrogens with one attached hydrogen (secondary N) is 1. The van der Waals surface area contributed by atoms with Gasteiger partial charge in [-0.2, -0.15) is 0 Å². The van der Waals surface area contributed by atoms with E-state index in [0.29, 0.717) is 35.2 Å². The zero-order chi connectivity index (χ0) is 20.5. The number of piperidine rings is 1. The van der Waals surface area contributed by atoms with E-state index in [2.05, 4.69) is 21.2 Å². The number of alkyl halides is 1. The number of halogens is 2. The van der Waals surface area contributed by atoms with Crippen molar-refractivity contribution in [2.24, 2.45) is 0 Å². The Hall–Kier alpha value is -2.19. The third-order valence-electron chi connectivity index (χ3n) is 5.19. The van der Waals surface area contributed by atoms with Gasteiger partial charge in [-0.05, 0) is 41.3 Å². The molecule has 0 bridgehead atoms. The normalized spacial score (nSPS) is 18.8. The van der Waals surface area contributed by atoms with Crippen LogP contribution >= 0.6 is 27.7 Å². The van der Waals surface area contributed by atoms with E-state index >= 15 is 0 Å². The highest BCUT2D eigenvalue weighted by atomic mass is 79.9. The van der Waals surface area contributed by atoms with Crippen molar-refractivity contribution >= 4 is 45.4 Å². The van der Waals surface area contributed by atoms with Crippen LogP contribution in [0, 0.1) is 5.82 Å². The summed E-state index contributed by atoms with van der Waals surface area (Å²) in [5, 5.41) is 2.91. The summed E-state index contributed by atoms with van der Waals surface area (Å²) in [6.07, 6.45) is 0.555. The van der Waals surface area contributed by atoms with E-state index in [4.69, 9.17) is 0 Å². The zero-order valence-electron chi connectivity index (χ0n) is 15.4. The number of carbonyl (C=O) groups is 3. The number of rotatable bonds is 5. The van der Waals surface area contributed by atoms with Crippen LogP contribution in [-0.4, -0.2) is 28.7 Å². The largest absolute Gasteiger partial charge is 0.322 e. The van der Waals surface area contributed by atoms with Gasteiger partial charge in [0.2, 0.25) is 11.8 Å². The monoisotopic (exact) mass is 476 g/mol. The van der Waals surface area contributed by atoms with Crippen LogP contribution in [0.4, 0.5) is 4.39 Å². The van der Waals surface area contributed by atoms with Crippen molar-refractivity contribution in [2.75, 3.05) is 0 Å². The Morgan fingerprint density at radius 1 is 1.21 bits per heavy atom. The molecule has 2 aromatic rings. The quantitative estimate of drug-likeness (QED) is 0.405. The van der Waals surface area contributed by atoms with Gasteiger partial charge in [-0.15, -0.1) is 11.8 Å². The first-order valence-corrected chi connectivity index (χ1v) is 11.3. The average Bonchev–Trinajstić information content (AvgIpc) is 3.04. The maximum atomic E-state index is 14.3. The first-order valence-electron chi connectivity index (χ1n) is 9.20. The summed E-state index contributed by atoms with van der Waals surface area (Å²) in [6, 6.07) is 10.0. The third-order valence-corrected chi connectivity index (χ3v) is 6.99. The van der Waals surface area contributed by atoms with Crippen molar-refractivity contribution in [1.82, 2.24) is 10.2 Å². The molecular weight excluding hydrogens is 459 g/mol. The molecule has 2 aliphatic rings. The summed E-state index contributed by atoms with van der Waals surface area (Å²) in [4.78, 5) is 38.9. The van der Waals surface area contributed by atoms with E-state index in [0.717, 1.165) is 16.0 Å². The SMILES string of the molecule is O=C1CCC(N2Cc3c(SCc4ccc(CBr)cc4F)cccc3C2=O)C(=O)N1. The smallest absolute Gasteiger partial charge is 0.255 e. The summed E-state index contributed by atoms with van der Waals surface area (Å²) < 4.78 is 14.3. The summed E-state index contributed by atoms with van der Waals surface area (Å²) in [5.41, 5.74) is 2.89. The molecule has 2 aromatic carbocycles. The van der Waals surface area contributed by atoms with Gasteiger partial charge in [-0.3, -0.25) is 19.7 Å². The molecule has 1 N–H and O–H groups in total. The second-order valence-electron chi connectivity index (χ2n) is 7.03. The molecular formula is C21H18BrFN2O3S. The van der Waals surface area contributed by atoms with Crippen molar-refractivity contribution in [3.63, 3.8) is 0 Å². The molecule has 1 unspecified atom stereocenters. The van der Waals surface area contributed by atoms with E-state index in [1.54, 1.807) is 18.2 Å². The summed E-state index contributed by atoms with van der Waals surface area (Å²) >= 11 is 4.79. The van der Waals surface area contributed by atoms with Crippen LogP contribution in [0.25, 0.3) is 0 Å². The van der Waals surface area contributed by atoms with Crippen LogP contribution in [0.15, 0.2) is 41.3 Å². The Morgan fingerprint density at radius 3 is 2.76 bits per heavy atom. The van der Waals surface area contributed by atoms with E-state index in [-0.39, 0.29) is 24.1 Å². The van der Waals surface area contributed by atoms with Gasteiger partial charge in [0.25, 0.3) is 5.91 Å². The van der Waals surface area contributed by atoms with Crippen LogP contribution < -0.4 is 5.32 Å². The fourth-order valence-electron chi connectivity index (χ4n) is 3.64. The van der Waals surface area contributed by atoms with Gasteiger partial charge >= 0.3 is 0 Å². The van der Waals surface area contributed by atoms with Crippen LogP contribution in [0.1, 0.15) is 39.9 Å². The van der Waals surface area contributed by atoms with E-state index < -0.39 is 11.9 Å². The molecule has 0 aromatic heterocycles. The molecule has 0 aliphatic carbocycles. The predicted octanol–water partition coefficient (Wildman–Crippen LogP) is 3.77. The summed E-state index contributed by atoms with van der Waals surface area (Å²) in [5.74, 6) is -0.740. The molecule has 0 radical (unpaired) electrons. The molecule has 3 amide bonds. The molecule has 0 spiro atoms. The molecule has 0 saturated carbocycles. The highest BCUT2D eigenvalue weighted by molar-refractivity contribution is 9.08. The summed E-state index contributed by atoms with van der Waals surface area (Å²) in [6.45, 7) is 0.314. The van der Waals surface area contributed by atoms with Crippen molar-refractivity contribution < 1.29 is 18.8 Å². The molecule has 5 nitrogen and oxygen atoms in total. The van der Waals surface area contributed by atoms with Crippen molar-refractivity contribution in [3.05, 3.63) is 64.5 Å². The Bertz CT molecular complexity index is 1010. The molecule has 2 heterocycles. The fourth-order valence-corrected chi connectivity index (χ4v) is 5.06. The number of carbonyl (C=O) groups excluding carboxylic acids is 3. The van der Waals surface area contributed by atoms with E-state index in [9.17, 15) is 18.8 Å². The molecule has 1 atom stereocenters. The van der Waals surface area contributed by atoms with E-state index in [1.165, 1.54) is 22.7 Å². The number of benzene rings is 2. The third kappa shape index (κ3) is 3.96.